The van der Waals surface area contributed by atoms with Crippen molar-refractivity contribution in [3.05, 3.63) is 48.7 Å². The number of imidazole rings is 1. The Labute approximate surface area is 139 Å². The molecule has 1 saturated heterocycles. The van der Waals surface area contributed by atoms with E-state index in [1.807, 2.05) is 48.4 Å². The van der Waals surface area contributed by atoms with E-state index in [-0.39, 0.29) is 11.9 Å². The van der Waals surface area contributed by atoms with Gasteiger partial charge in [-0.05, 0) is 25.0 Å². The summed E-state index contributed by atoms with van der Waals surface area (Å²) in [4.78, 5) is 19.0. The molecular weight excluding hydrogens is 304 g/mol. The molecule has 1 atom stereocenters. The molecule has 124 valence electrons. The van der Waals surface area contributed by atoms with Crippen LogP contribution in [0.3, 0.4) is 0 Å². The Morgan fingerprint density at radius 1 is 1.33 bits per heavy atom. The highest BCUT2D eigenvalue weighted by molar-refractivity contribution is 5.94. The fourth-order valence-corrected chi connectivity index (χ4v) is 3.22. The summed E-state index contributed by atoms with van der Waals surface area (Å²) >= 11 is 0. The quantitative estimate of drug-likeness (QED) is 0.792. The normalized spacial score (nSPS) is 18.0. The number of nitrogens with zero attached hydrogens (tertiary/aromatic N) is 5. The minimum absolute atomic E-state index is 0.0383. The van der Waals surface area contributed by atoms with Gasteiger partial charge in [-0.3, -0.25) is 9.48 Å². The molecule has 4 rings (SSSR count). The molecule has 4 heterocycles. The van der Waals surface area contributed by atoms with E-state index in [2.05, 4.69) is 20.3 Å². The van der Waals surface area contributed by atoms with Crippen LogP contribution in [-0.4, -0.2) is 44.2 Å². The fraction of sp³-hybridized carbons (Fsp3) is 0.353. The van der Waals surface area contributed by atoms with Crippen molar-refractivity contribution in [2.45, 2.75) is 18.9 Å². The summed E-state index contributed by atoms with van der Waals surface area (Å²) in [6.45, 7) is 1.81. The molecular formula is C17H20N6O. The van der Waals surface area contributed by atoms with E-state index in [0.29, 0.717) is 5.56 Å². The van der Waals surface area contributed by atoms with Crippen molar-refractivity contribution in [2.75, 3.05) is 18.0 Å². The second-order valence-corrected chi connectivity index (χ2v) is 6.24. The fourth-order valence-electron chi connectivity index (χ4n) is 3.22. The molecule has 0 saturated carbocycles. The molecule has 0 aromatic carbocycles. The van der Waals surface area contributed by atoms with E-state index in [4.69, 9.17) is 0 Å². The highest BCUT2D eigenvalue weighted by Crippen LogP contribution is 2.19. The van der Waals surface area contributed by atoms with Gasteiger partial charge in [-0.25, -0.2) is 4.98 Å². The van der Waals surface area contributed by atoms with E-state index >= 15 is 0 Å². The molecule has 1 fully saturated rings. The molecule has 0 radical (unpaired) electrons. The number of fused-ring (bicyclic) bond motifs is 1. The van der Waals surface area contributed by atoms with Gasteiger partial charge in [0.05, 0.1) is 17.4 Å². The molecule has 7 nitrogen and oxygen atoms in total. The van der Waals surface area contributed by atoms with E-state index in [9.17, 15) is 4.79 Å². The van der Waals surface area contributed by atoms with Crippen molar-refractivity contribution in [3.63, 3.8) is 0 Å². The number of pyridine rings is 1. The Hall–Kier alpha value is -2.83. The summed E-state index contributed by atoms with van der Waals surface area (Å²) in [5.41, 5.74) is 2.60. The van der Waals surface area contributed by atoms with Gasteiger partial charge < -0.3 is 14.6 Å². The molecule has 7 heteroatoms. The number of hydrogen-bond donors (Lipinski definition) is 1. The van der Waals surface area contributed by atoms with Crippen LogP contribution in [0.25, 0.3) is 5.65 Å². The highest BCUT2D eigenvalue weighted by atomic mass is 16.1. The van der Waals surface area contributed by atoms with Gasteiger partial charge in [-0.1, -0.05) is 0 Å². The van der Waals surface area contributed by atoms with Crippen molar-refractivity contribution in [1.29, 1.82) is 0 Å². The zero-order chi connectivity index (χ0) is 16.5. The first kappa shape index (κ1) is 14.7. The Morgan fingerprint density at radius 2 is 2.25 bits per heavy atom. The van der Waals surface area contributed by atoms with Gasteiger partial charge in [0, 0.05) is 51.0 Å². The largest absolute Gasteiger partial charge is 0.367 e. The van der Waals surface area contributed by atoms with Crippen LogP contribution < -0.4 is 10.2 Å². The summed E-state index contributed by atoms with van der Waals surface area (Å²) in [6, 6.07) is 3.82. The van der Waals surface area contributed by atoms with Crippen LogP contribution in [0.1, 0.15) is 23.2 Å². The maximum atomic E-state index is 12.5. The van der Waals surface area contributed by atoms with Crippen LogP contribution in [0, 0.1) is 0 Å². The third-order valence-electron chi connectivity index (χ3n) is 4.46. The van der Waals surface area contributed by atoms with Crippen molar-refractivity contribution in [2.24, 2.45) is 7.05 Å². The number of aryl methyl sites for hydroxylation is 1. The number of piperidine rings is 1. The van der Waals surface area contributed by atoms with Crippen molar-refractivity contribution in [3.8, 4) is 0 Å². The van der Waals surface area contributed by atoms with Gasteiger partial charge in [-0.15, -0.1) is 0 Å². The third kappa shape index (κ3) is 2.84. The van der Waals surface area contributed by atoms with Crippen LogP contribution >= 0.6 is 0 Å². The minimum Gasteiger partial charge on any atom is -0.367 e. The van der Waals surface area contributed by atoms with E-state index in [0.717, 1.165) is 37.3 Å². The lowest BCUT2D eigenvalue weighted by atomic mass is 10.0. The third-order valence-corrected chi connectivity index (χ3v) is 4.46. The van der Waals surface area contributed by atoms with Crippen LogP contribution in [0.5, 0.6) is 0 Å². The first-order valence-electron chi connectivity index (χ1n) is 8.16. The Balaban J connectivity index is 1.44. The number of aromatic nitrogens is 4. The van der Waals surface area contributed by atoms with Crippen LogP contribution in [-0.2, 0) is 7.05 Å². The second kappa shape index (κ2) is 5.99. The van der Waals surface area contributed by atoms with Gasteiger partial charge >= 0.3 is 0 Å². The van der Waals surface area contributed by atoms with Crippen molar-refractivity contribution in [1.82, 2.24) is 24.5 Å². The predicted octanol–water partition coefficient (Wildman–Crippen LogP) is 1.47. The smallest absolute Gasteiger partial charge is 0.253 e. The molecule has 3 aromatic heterocycles. The average molecular weight is 324 g/mol. The number of nitrogens with one attached hydrogen (secondary N) is 1. The van der Waals surface area contributed by atoms with Gasteiger partial charge in [0.25, 0.3) is 5.91 Å². The van der Waals surface area contributed by atoms with Gasteiger partial charge in [0.1, 0.15) is 5.65 Å². The Kier molecular flexibility index (Phi) is 3.68. The molecule has 1 aliphatic heterocycles. The molecule has 24 heavy (non-hydrogen) atoms. The SMILES string of the molecule is Cn1cc(N2CCC[C@H](NC(=O)c3ccc4nccn4c3)C2)cn1. The lowest BCUT2D eigenvalue weighted by molar-refractivity contribution is 0.0932. The molecule has 0 aliphatic carbocycles. The Bertz CT molecular complexity index is 867. The van der Waals surface area contributed by atoms with Crippen LogP contribution in [0.15, 0.2) is 43.1 Å². The molecule has 0 unspecified atom stereocenters. The second-order valence-electron chi connectivity index (χ2n) is 6.24. The predicted molar refractivity (Wildman–Crippen MR) is 91.1 cm³/mol. The lowest BCUT2D eigenvalue weighted by Crippen LogP contribution is -2.47. The van der Waals surface area contributed by atoms with E-state index in [1.54, 1.807) is 10.9 Å². The standard InChI is InChI=1S/C17H20N6O/c1-21-12-15(9-19-21)22-7-2-3-14(11-22)20-17(24)13-4-5-16-18-6-8-23(16)10-13/h4-6,8-10,12,14H,2-3,7,11H2,1H3,(H,20,24)/t14-/m0/s1. The number of carbonyl (C=O) groups excluding carboxylic acids is 1. The number of carbonyl (C=O) groups is 1. The monoisotopic (exact) mass is 324 g/mol. The van der Waals surface area contributed by atoms with E-state index in [1.165, 1.54) is 0 Å². The average Bonchev–Trinajstić information content (AvgIpc) is 3.23. The van der Waals surface area contributed by atoms with Crippen LogP contribution in [0.2, 0.25) is 0 Å². The number of hydrogen-bond acceptors (Lipinski definition) is 4. The topological polar surface area (TPSA) is 67.5 Å². The number of rotatable bonds is 3. The first-order chi connectivity index (χ1) is 11.7. The summed E-state index contributed by atoms with van der Waals surface area (Å²) in [5, 5.41) is 7.39. The summed E-state index contributed by atoms with van der Waals surface area (Å²) in [6.07, 6.45) is 11.3. The van der Waals surface area contributed by atoms with Crippen molar-refractivity contribution < 1.29 is 4.79 Å². The lowest BCUT2D eigenvalue weighted by Gasteiger charge is -2.33. The number of anilines is 1. The highest BCUT2D eigenvalue weighted by Gasteiger charge is 2.23. The summed E-state index contributed by atoms with van der Waals surface area (Å²) < 4.78 is 3.66. The van der Waals surface area contributed by atoms with Gasteiger partial charge in [0.15, 0.2) is 0 Å². The molecule has 3 aromatic rings. The molecule has 1 N–H and O–H groups in total. The van der Waals surface area contributed by atoms with E-state index < -0.39 is 0 Å². The summed E-state index contributed by atoms with van der Waals surface area (Å²) in [5.74, 6) is -0.0383. The molecule has 0 spiro atoms. The minimum atomic E-state index is -0.0383. The molecule has 1 aliphatic rings. The zero-order valence-electron chi connectivity index (χ0n) is 13.6. The zero-order valence-corrected chi connectivity index (χ0v) is 13.6. The summed E-state index contributed by atoms with van der Waals surface area (Å²) in [7, 11) is 1.92. The first-order valence-corrected chi connectivity index (χ1v) is 8.16. The molecule has 0 bridgehead atoms. The maximum absolute atomic E-state index is 12.5. The van der Waals surface area contributed by atoms with Gasteiger partial charge in [0.2, 0.25) is 0 Å². The maximum Gasteiger partial charge on any atom is 0.253 e. The Morgan fingerprint density at radius 3 is 3.08 bits per heavy atom. The number of amides is 1. The molecule has 1 amide bonds. The van der Waals surface area contributed by atoms with Crippen LogP contribution in [0.4, 0.5) is 5.69 Å². The van der Waals surface area contributed by atoms with Gasteiger partial charge in [-0.2, -0.15) is 5.10 Å². The van der Waals surface area contributed by atoms with Crippen molar-refractivity contribution >= 4 is 17.2 Å².